The second kappa shape index (κ2) is 6.53. The Morgan fingerprint density at radius 3 is 2.00 bits per heavy atom. The monoisotopic (exact) mass is 274 g/mol. The number of hydrogen-bond donors (Lipinski definition) is 6. The van der Waals surface area contributed by atoms with Crippen molar-refractivity contribution in [2.45, 2.75) is 31.3 Å². The second-order valence-corrected chi connectivity index (χ2v) is 4.55. The molecule has 0 spiro atoms. The third-order valence-electron chi connectivity index (χ3n) is 1.89. The Hall–Kier alpha value is -0.380. The summed E-state index contributed by atoms with van der Waals surface area (Å²) in [6.45, 7) is -0.0274. The van der Waals surface area contributed by atoms with Crippen LogP contribution >= 0.6 is 7.82 Å². The van der Waals surface area contributed by atoms with Gasteiger partial charge in [0.25, 0.3) is 0 Å². The normalized spacial score (nSPS) is 19.5. The molecule has 0 aliphatic heterocycles. The molecule has 0 rings (SSSR count). The summed E-state index contributed by atoms with van der Waals surface area (Å²) >= 11 is 0. The second-order valence-electron chi connectivity index (χ2n) is 3.36. The molecule has 0 aromatic carbocycles. The molecule has 0 heterocycles. The number of rotatable bonds is 7. The van der Waals surface area contributed by atoms with E-state index in [0.717, 1.165) is 6.92 Å². The van der Waals surface area contributed by atoms with Gasteiger partial charge in [0.05, 0.1) is 6.61 Å². The smallest absolute Gasteiger partial charge is 0.394 e. The van der Waals surface area contributed by atoms with Gasteiger partial charge >= 0.3 is 7.82 Å². The SMILES string of the molecule is CC(=O)[C@@H](OP(=O)(O)O)[C@@H](O)[C@H](O)[C@H](O)CO. The van der Waals surface area contributed by atoms with E-state index in [1.165, 1.54) is 0 Å². The molecule has 0 fully saturated rings. The van der Waals surface area contributed by atoms with E-state index >= 15 is 0 Å². The number of phosphoric acid groups is 1. The number of hydrogen-bond acceptors (Lipinski definition) is 7. The third-order valence-corrected chi connectivity index (χ3v) is 2.39. The van der Waals surface area contributed by atoms with Crippen molar-refractivity contribution in [1.29, 1.82) is 0 Å². The molecule has 9 nitrogen and oxygen atoms in total. The van der Waals surface area contributed by atoms with Crippen molar-refractivity contribution in [3.8, 4) is 0 Å². The zero-order chi connectivity index (χ0) is 13.8. The van der Waals surface area contributed by atoms with Crippen molar-refractivity contribution in [2.75, 3.05) is 6.61 Å². The molecule has 0 radical (unpaired) electrons. The van der Waals surface area contributed by atoms with Crippen LogP contribution in [0.2, 0.25) is 0 Å². The number of Topliss-reactive ketones (excluding diaryl/α,β-unsaturated/α-hetero) is 1. The van der Waals surface area contributed by atoms with Crippen molar-refractivity contribution in [1.82, 2.24) is 0 Å². The lowest BCUT2D eigenvalue weighted by atomic mass is 10.0. The van der Waals surface area contributed by atoms with Gasteiger partial charge < -0.3 is 30.2 Å². The minimum atomic E-state index is -5.04. The van der Waals surface area contributed by atoms with E-state index in [0.29, 0.717) is 0 Å². The molecule has 0 saturated heterocycles. The molecule has 0 bridgehead atoms. The fourth-order valence-corrected chi connectivity index (χ4v) is 1.61. The Morgan fingerprint density at radius 2 is 1.71 bits per heavy atom. The lowest BCUT2D eigenvalue weighted by Gasteiger charge is -2.27. The fraction of sp³-hybridized carbons (Fsp3) is 0.857. The predicted octanol–water partition coefficient (Wildman–Crippen LogP) is -2.87. The van der Waals surface area contributed by atoms with Crippen LogP contribution in [-0.2, 0) is 13.9 Å². The lowest BCUT2D eigenvalue weighted by Crippen LogP contribution is -2.48. The third kappa shape index (κ3) is 5.66. The zero-order valence-electron chi connectivity index (χ0n) is 8.87. The van der Waals surface area contributed by atoms with E-state index in [9.17, 15) is 19.6 Å². The maximum atomic E-state index is 11.0. The number of carbonyl (C=O) groups is 1. The number of aliphatic hydroxyl groups excluding tert-OH is 4. The van der Waals surface area contributed by atoms with Gasteiger partial charge in [-0.05, 0) is 6.92 Å². The summed E-state index contributed by atoms with van der Waals surface area (Å²) in [6.07, 6.45) is -7.85. The number of aliphatic hydroxyl groups is 4. The van der Waals surface area contributed by atoms with Gasteiger partial charge in [-0.25, -0.2) is 4.57 Å². The first-order valence-electron chi connectivity index (χ1n) is 4.49. The summed E-state index contributed by atoms with van der Waals surface area (Å²) in [6, 6.07) is 0. The minimum absolute atomic E-state index is 0.877. The van der Waals surface area contributed by atoms with Crippen LogP contribution in [0.25, 0.3) is 0 Å². The van der Waals surface area contributed by atoms with Crippen molar-refractivity contribution >= 4 is 13.6 Å². The van der Waals surface area contributed by atoms with Crippen molar-refractivity contribution in [2.24, 2.45) is 0 Å². The maximum absolute atomic E-state index is 11.0. The van der Waals surface area contributed by atoms with Crippen LogP contribution in [0.15, 0.2) is 0 Å². The molecule has 6 N–H and O–H groups in total. The van der Waals surface area contributed by atoms with E-state index in [1.54, 1.807) is 0 Å². The average Bonchev–Trinajstić information content (AvgIpc) is 2.21. The van der Waals surface area contributed by atoms with Crippen LogP contribution in [0.3, 0.4) is 0 Å². The van der Waals surface area contributed by atoms with Gasteiger partial charge in [-0.3, -0.25) is 9.32 Å². The van der Waals surface area contributed by atoms with E-state index < -0.39 is 44.6 Å². The zero-order valence-corrected chi connectivity index (χ0v) is 9.77. The Morgan fingerprint density at radius 1 is 1.24 bits per heavy atom. The molecular weight excluding hydrogens is 259 g/mol. The molecule has 102 valence electrons. The molecule has 4 atom stereocenters. The Balaban J connectivity index is 4.83. The fourth-order valence-electron chi connectivity index (χ4n) is 1.04. The summed E-state index contributed by atoms with van der Waals surface area (Å²) in [5, 5.41) is 36.2. The molecular formula is C7H15O9P. The van der Waals surface area contributed by atoms with Crippen LogP contribution in [0.1, 0.15) is 6.92 Å². The highest BCUT2D eigenvalue weighted by atomic mass is 31.2. The highest BCUT2D eigenvalue weighted by molar-refractivity contribution is 7.46. The van der Waals surface area contributed by atoms with Crippen LogP contribution in [0, 0.1) is 0 Å². The molecule has 0 unspecified atom stereocenters. The number of carbonyl (C=O) groups excluding carboxylic acids is 1. The van der Waals surface area contributed by atoms with E-state index in [1.807, 2.05) is 0 Å². The van der Waals surface area contributed by atoms with Gasteiger partial charge in [0.2, 0.25) is 0 Å². The van der Waals surface area contributed by atoms with Gasteiger partial charge in [0, 0.05) is 0 Å². The Kier molecular flexibility index (Phi) is 6.38. The average molecular weight is 274 g/mol. The van der Waals surface area contributed by atoms with Crippen molar-refractivity contribution in [3.05, 3.63) is 0 Å². The van der Waals surface area contributed by atoms with Gasteiger partial charge in [0.15, 0.2) is 11.9 Å². The molecule has 0 aliphatic rings. The van der Waals surface area contributed by atoms with Gasteiger partial charge in [-0.1, -0.05) is 0 Å². The summed E-state index contributed by atoms with van der Waals surface area (Å²) in [4.78, 5) is 28.0. The molecule has 10 heteroatoms. The molecule has 0 amide bonds. The minimum Gasteiger partial charge on any atom is -0.394 e. The van der Waals surface area contributed by atoms with Crippen LogP contribution in [0.5, 0.6) is 0 Å². The van der Waals surface area contributed by atoms with Crippen LogP contribution in [0.4, 0.5) is 0 Å². The summed E-state index contributed by atoms with van der Waals surface area (Å²) < 4.78 is 14.5. The molecule has 0 aromatic heterocycles. The first kappa shape index (κ1) is 16.6. The summed E-state index contributed by atoms with van der Waals surface area (Å²) in [5.41, 5.74) is 0. The molecule has 17 heavy (non-hydrogen) atoms. The van der Waals surface area contributed by atoms with E-state index in [2.05, 4.69) is 4.52 Å². The summed E-state index contributed by atoms with van der Waals surface area (Å²) in [7, 11) is -5.04. The van der Waals surface area contributed by atoms with Crippen molar-refractivity contribution in [3.63, 3.8) is 0 Å². The first-order chi connectivity index (χ1) is 7.60. The van der Waals surface area contributed by atoms with E-state index in [4.69, 9.17) is 20.0 Å². The quantitative estimate of drug-likeness (QED) is 0.267. The first-order valence-corrected chi connectivity index (χ1v) is 6.02. The van der Waals surface area contributed by atoms with Crippen LogP contribution in [-0.4, -0.2) is 67.0 Å². The maximum Gasteiger partial charge on any atom is 0.470 e. The van der Waals surface area contributed by atoms with E-state index in [-0.39, 0.29) is 0 Å². The molecule has 0 saturated carbocycles. The van der Waals surface area contributed by atoms with Gasteiger partial charge in [-0.15, -0.1) is 0 Å². The number of ketones is 1. The highest BCUT2D eigenvalue weighted by Gasteiger charge is 2.38. The van der Waals surface area contributed by atoms with Crippen molar-refractivity contribution < 1.29 is 44.1 Å². The number of phosphoric ester groups is 1. The van der Waals surface area contributed by atoms with Gasteiger partial charge in [0.1, 0.15) is 18.3 Å². The standard InChI is InChI=1S/C7H15O9P/c1-3(9)7(16-17(13,14)15)6(12)5(11)4(10)2-8/h4-8,10-12H,2H2,1H3,(H2,13,14,15)/t4-,5-,6+,7-/m1/s1. The Labute approximate surface area is 96.5 Å². The largest absolute Gasteiger partial charge is 0.470 e. The Bertz CT molecular complexity index is 300. The topological polar surface area (TPSA) is 165 Å². The predicted molar refractivity (Wildman–Crippen MR) is 52.7 cm³/mol. The molecule has 0 aromatic rings. The van der Waals surface area contributed by atoms with Gasteiger partial charge in [-0.2, -0.15) is 0 Å². The lowest BCUT2D eigenvalue weighted by molar-refractivity contribution is -0.143. The molecule has 0 aliphatic carbocycles. The summed E-state index contributed by atoms with van der Waals surface area (Å²) in [5.74, 6) is -0.954. The highest BCUT2D eigenvalue weighted by Crippen LogP contribution is 2.38. The van der Waals surface area contributed by atoms with Crippen LogP contribution < -0.4 is 0 Å².